The largest absolute Gasteiger partial charge is 0.303 e. The summed E-state index contributed by atoms with van der Waals surface area (Å²) >= 11 is 0. The number of aryl methyl sites for hydroxylation is 1. The zero-order chi connectivity index (χ0) is 15.3. The molecule has 114 valence electrons. The molecule has 0 saturated heterocycles. The van der Waals surface area contributed by atoms with Crippen molar-refractivity contribution in [2.45, 2.75) is 71.6 Å². The van der Waals surface area contributed by atoms with Crippen molar-refractivity contribution in [2.24, 2.45) is 11.3 Å². The molecular weight excluding hydrogens is 256 g/mol. The summed E-state index contributed by atoms with van der Waals surface area (Å²) in [6.45, 7) is 9.13. The number of rotatable bonds is 2. The topological polar surface area (TPSA) is 17.1 Å². The third kappa shape index (κ3) is 2.00. The fraction of sp³-hybridized carbons (Fsp3) is 0.650. The van der Waals surface area contributed by atoms with E-state index in [2.05, 4.69) is 39.8 Å². The summed E-state index contributed by atoms with van der Waals surface area (Å²) in [5, 5.41) is 0. The number of aldehydes is 1. The van der Waals surface area contributed by atoms with Crippen LogP contribution in [-0.2, 0) is 23.1 Å². The highest BCUT2D eigenvalue weighted by molar-refractivity contribution is 5.61. The van der Waals surface area contributed by atoms with Crippen LogP contribution in [0.4, 0.5) is 0 Å². The normalized spacial score (nSPS) is 35.0. The lowest BCUT2D eigenvalue weighted by atomic mass is 9.50. The molecule has 2 aliphatic carbocycles. The average molecular weight is 284 g/mol. The van der Waals surface area contributed by atoms with Crippen LogP contribution in [0.15, 0.2) is 12.1 Å². The van der Waals surface area contributed by atoms with Crippen LogP contribution in [0.25, 0.3) is 0 Å². The van der Waals surface area contributed by atoms with Crippen LogP contribution in [0.5, 0.6) is 0 Å². The smallest absolute Gasteiger partial charge is 0.126 e. The molecule has 0 heterocycles. The van der Waals surface area contributed by atoms with E-state index in [1.54, 1.807) is 16.7 Å². The van der Waals surface area contributed by atoms with Gasteiger partial charge in [0.15, 0.2) is 0 Å². The van der Waals surface area contributed by atoms with E-state index < -0.39 is 0 Å². The Morgan fingerprint density at radius 1 is 1.29 bits per heavy atom. The number of carbonyl (C=O) groups is 1. The van der Waals surface area contributed by atoms with E-state index in [-0.39, 0.29) is 10.8 Å². The van der Waals surface area contributed by atoms with Crippen LogP contribution in [0.2, 0.25) is 0 Å². The van der Waals surface area contributed by atoms with Gasteiger partial charge in [-0.1, -0.05) is 39.3 Å². The van der Waals surface area contributed by atoms with Gasteiger partial charge in [-0.25, -0.2) is 0 Å². The van der Waals surface area contributed by atoms with E-state index in [0.29, 0.717) is 5.92 Å². The first-order valence-corrected chi connectivity index (χ1v) is 8.54. The predicted octanol–water partition coefficient (Wildman–Crippen LogP) is 4.77. The molecule has 1 aromatic rings. The van der Waals surface area contributed by atoms with Crippen molar-refractivity contribution in [2.75, 3.05) is 0 Å². The van der Waals surface area contributed by atoms with Crippen molar-refractivity contribution in [3.63, 3.8) is 0 Å². The van der Waals surface area contributed by atoms with Gasteiger partial charge < -0.3 is 4.79 Å². The zero-order valence-corrected chi connectivity index (χ0v) is 14.0. The second-order valence-corrected chi connectivity index (χ2v) is 7.73. The molecule has 1 nitrogen and oxygen atoms in total. The Morgan fingerprint density at radius 2 is 2.05 bits per heavy atom. The molecular formula is C20H28O. The third-order valence-corrected chi connectivity index (χ3v) is 6.56. The zero-order valence-electron chi connectivity index (χ0n) is 14.0. The van der Waals surface area contributed by atoms with Crippen molar-refractivity contribution in [3.05, 3.63) is 34.4 Å². The minimum absolute atomic E-state index is 0.123. The summed E-state index contributed by atoms with van der Waals surface area (Å²) in [6, 6.07) is 4.67. The van der Waals surface area contributed by atoms with Gasteiger partial charge in [-0.2, -0.15) is 0 Å². The highest BCUT2D eigenvalue weighted by Crippen LogP contribution is 2.56. The molecule has 3 rings (SSSR count). The summed E-state index contributed by atoms with van der Waals surface area (Å²) in [4.78, 5) is 11.8. The van der Waals surface area contributed by atoms with E-state index in [9.17, 15) is 4.79 Å². The SMILES string of the molecule is CCc1c(C)ccc2c1CC[C@@H]1[C@](C)(C=O)CCC[C@]21C. The monoisotopic (exact) mass is 284 g/mol. The summed E-state index contributed by atoms with van der Waals surface area (Å²) in [7, 11) is 0. The lowest BCUT2D eigenvalue weighted by molar-refractivity contribution is -0.123. The first kappa shape index (κ1) is 14.8. The maximum atomic E-state index is 11.8. The van der Waals surface area contributed by atoms with Gasteiger partial charge in [0.05, 0.1) is 0 Å². The van der Waals surface area contributed by atoms with Crippen LogP contribution in [-0.4, -0.2) is 6.29 Å². The molecule has 0 unspecified atom stereocenters. The van der Waals surface area contributed by atoms with E-state index in [1.165, 1.54) is 31.1 Å². The van der Waals surface area contributed by atoms with Gasteiger partial charge in [-0.15, -0.1) is 0 Å². The summed E-state index contributed by atoms with van der Waals surface area (Å²) in [5.74, 6) is 0.510. The molecule has 1 aromatic carbocycles. The minimum Gasteiger partial charge on any atom is -0.303 e. The Kier molecular flexibility index (Phi) is 3.50. The molecule has 1 fully saturated rings. The third-order valence-electron chi connectivity index (χ3n) is 6.56. The van der Waals surface area contributed by atoms with Gasteiger partial charge in [0.1, 0.15) is 6.29 Å². The fourth-order valence-corrected chi connectivity index (χ4v) is 5.44. The van der Waals surface area contributed by atoms with Crippen molar-refractivity contribution < 1.29 is 4.79 Å². The van der Waals surface area contributed by atoms with Crippen LogP contribution in [0.1, 0.15) is 68.7 Å². The quantitative estimate of drug-likeness (QED) is 0.715. The Labute approximate surface area is 129 Å². The van der Waals surface area contributed by atoms with Crippen LogP contribution >= 0.6 is 0 Å². The van der Waals surface area contributed by atoms with Crippen molar-refractivity contribution >= 4 is 6.29 Å². The molecule has 1 saturated carbocycles. The van der Waals surface area contributed by atoms with Gasteiger partial charge in [-0.05, 0) is 72.6 Å². The van der Waals surface area contributed by atoms with E-state index in [4.69, 9.17) is 0 Å². The Bertz CT molecular complexity index is 573. The molecule has 0 N–H and O–H groups in total. The first-order chi connectivity index (χ1) is 9.96. The maximum absolute atomic E-state index is 11.8. The number of carbonyl (C=O) groups excluding carboxylic acids is 1. The molecule has 0 aromatic heterocycles. The highest BCUT2D eigenvalue weighted by Gasteiger charge is 2.51. The Balaban J connectivity index is 2.16. The molecule has 21 heavy (non-hydrogen) atoms. The standard InChI is InChI=1S/C20H28O/c1-5-15-14(2)7-9-17-16(15)8-10-18-19(3,13-21)11-6-12-20(17,18)4/h7,9,13,18H,5-6,8,10-12H2,1-4H3/t18-,19+,20-/m1/s1. The fourth-order valence-electron chi connectivity index (χ4n) is 5.44. The van der Waals surface area contributed by atoms with Gasteiger partial charge in [0.25, 0.3) is 0 Å². The van der Waals surface area contributed by atoms with Crippen molar-refractivity contribution in [3.8, 4) is 0 Å². The lowest BCUT2D eigenvalue weighted by Crippen LogP contribution is -2.50. The maximum Gasteiger partial charge on any atom is 0.126 e. The highest BCUT2D eigenvalue weighted by atomic mass is 16.1. The van der Waals surface area contributed by atoms with Crippen molar-refractivity contribution in [1.82, 2.24) is 0 Å². The Hall–Kier alpha value is -1.11. The van der Waals surface area contributed by atoms with Gasteiger partial charge in [0, 0.05) is 5.41 Å². The van der Waals surface area contributed by atoms with Crippen molar-refractivity contribution in [1.29, 1.82) is 0 Å². The number of hydrogen-bond acceptors (Lipinski definition) is 1. The predicted molar refractivity (Wildman–Crippen MR) is 87.7 cm³/mol. The van der Waals surface area contributed by atoms with Gasteiger partial charge in [0.2, 0.25) is 0 Å². The van der Waals surface area contributed by atoms with E-state index >= 15 is 0 Å². The molecule has 3 atom stereocenters. The van der Waals surface area contributed by atoms with E-state index in [1.807, 2.05) is 0 Å². The molecule has 0 spiro atoms. The van der Waals surface area contributed by atoms with Crippen LogP contribution in [0.3, 0.4) is 0 Å². The van der Waals surface area contributed by atoms with Gasteiger partial charge >= 0.3 is 0 Å². The van der Waals surface area contributed by atoms with Crippen LogP contribution < -0.4 is 0 Å². The molecule has 0 radical (unpaired) electrons. The Morgan fingerprint density at radius 3 is 2.71 bits per heavy atom. The van der Waals surface area contributed by atoms with E-state index in [0.717, 1.165) is 19.3 Å². The first-order valence-electron chi connectivity index (χ1n) is 8.54. The number of fused-ring (bicyclic) bond motifs is 3. The average Bonchev–Trinajstić information content (AvgIpc) is 2.46. The molecule has 0 aliphatic heterocycles. The lowest BCUT2D eigenvalue weighted by Gasteiger charge is -2.53. The number of benzene rings is 1. The summed E-state index contributed by atoms with van der Waals surface area (Å²) in [5.41, 5.74) is 6.22. The second kappa shape index (κ2) is 4.97. The molecule has 0 bridgehead atoms. The van der Waals surface area contributed by atoms with Gasteiger partial charge in [-0.3, -0.25) is 0 Å². The minimum atomic E-state index is -0.123. The number of hydrogen-bond donors (Lipinski definition) is 0. The summed E-state index contributed by atoms with van der Waals surface area (Å²) < 4.78 is 0. The second-order valence-electron chi connectivity index (χ2n) is 7.73. The molecule has 0 amide bonds. The molecule has 2 aliphatic rings. The summed E-state index contributed by atoms with van der Waals surface area (Å²) in [6.07, 6.45) is 8.20. The molecule has 1 heteroatoms. The van der Waals surface area contributed by atoms with Crippen LogP contribution in [0, 0.1) is 18.3 Å².